The molecule has 0 radical (unpaired) electrons. The van der Waals surface area contributed by atoms with Crippen molar-refractivity contribution in [3.8, 4) is 0 Å². The summed E-state index contributed by atoms with van der Waals surface area (Å²) in [5.41, 5.74) is 1.77. The Hall–Kier alpha value is -1.51. The molecule has 0 aromatic heterocycles. The number of esters is 1. The summed E-state index contributed by atoms with van der Waals surface area (Å²) in [5, 5.41) is 3.43. The summed E-state index contributed by atoms with van der Waals surface area (Å²) >= 11 is 0. The molecule has 1 aromatic carbocycles. The third kappa shape index (κ3) is 2.91. The van der Waals surface area contributed by atoms with Crippen LogP contribution in [0.1, 0.15) is 38.7 Å². The zero-order chi connectivity index (χ0) is 14.1. The van der Waals surface area contributed by atoms with Gasteiger partial charge in [-0.15, -0.1) is 0 Å². The van der Waals surface area contributed by atoms with Gasteiger partial charge in [0.2, 0.25) is 0 Å². The summed E-state index contributed by atoms with van der Waals surface area (Å²) in [6.45, 7) is 6.46. The fourth-order valence-electron chi connectivity index (χ4n) is 3.07. The lowest BCUT2D eigenvalue weighted by Crippen LogP contribution is -2.45. The average molecular weight is 261 g/mol. The number of aryl methyl sites for hydroxylation is 1. The standard InChI is InChI=1S/C16H23NO2/c1-12-6-5-7-13(10-12)17-16(14(18)19-4)9-8-15(2,3)11-16/h5-7,10,17H,8-9,11H2,1-4H3. The van der Waals surface area contributed by atoms with Crippen LogP contribution in [0.4, 0.5) is 5.69 Å². The summed E-state index contributed by atoms with van der Waals surface area (Å²) in [5.74, 6) is -0.153. The van der Waals surface area contributed by atoms with E-state index in [4.69, 9.17) is 4.74 Å². The highest BCUT2D eigenvalue weighted by molar-refractivity contribution is 5.85. The van der Waals surface area contributed by atoms with Crippen LogP contribution < -0.4 is 5.32 Å². The summed E-state index contributed by atoms with van der Waals surface area (Å²) in [6.07, 6.45) is 2.65. The van der Waals surface area contributed by atoms with E-state index in [0.29, 0.717) is 0 Å². The second-order valence-corrected chi connectivity index (χ2v) is 6.41. The van der Waals surface area contributed by atoms with Crippen molar-refractivity contribution in [2.45, 2.75) is 45.6 Å². The first kappa shape index (κ1) is 13.9. The van der Waals surface area contributed by atoms with Crippen LogP contribution in [0.3, 0.4) is 0 Å². The molecule has 1 fully saturated rings. The quantitative estimate of drug-likeness (QED) is 0.846. The molecule has 1 aliphatic carbocycles. The van der Waals surface area contributed by atoms with Crippen LogP contribution >= 0.6 is 0 Å². The molecule has 0 bridgehead atoms. The normalized spacial score (nSPS) is 25.1. The lowest BCUT2D eigenvalue weighted by atomic mass is 9.87. The molecule has 1 aromatic rings. The fraction of sp³-hybridized carbons (Fsp3) is 0.562. The van der Waals surface area contributed by atoms with Gasteiger partial charge in [0, 0.05) is 5.69 Å². The molecule has 2 rings (SSSR count). The molecule has 1 saturated carbocycles. The van der Waals surface area contributed by atoms with Gasteiger partial charge in [0.05, 0.1) is 7.11 Å². The third-order valence-electron chi connectivity index (χ3n) is 3.99. The van der Waals surface area contributed by atoms with Crippen LogP contribution in [0.25, 0.3) is 0 Å². The Bertz CT molecular complexity index is 481. The van der Waals surface area contributed by atoms with E-state index in [1.165, 1.54) is 12.7 Å². The van der Waals surface area contributed by atoms with E-state index in [-0.39, 0.29) is 11.4 Å². The van der Waals surface area contributed by atoms with Gasteiger partial charge in [-0.1, -0.05) is 26.0 Å². The maximum absolute atomic E-state index is 12.2. The molecule has 0 heterocycles. The SMILES string of the molecule is COC(=O)C1(Nc2cccc(C)c2)CCC(C)(C)C1. The Morgan fingerprint density at radius 3 is 2.58 bits per heavy atom. The maximum atomic E-state index is 12.2. The molecule has 3 nitrogen and oxygen atoms in total. The number of carbonyl (C=O) groups excluding carboxylic acids is 1. The zero-order valence-electron chi connectivity index (χ0n) is 12.2. The minimum absolute atomic E-state index is 0.153. The second-order valence-electron chi connectivity index (χ2n) is 6.41. The number of nitrogens with one attached hydrogen (secondary N) is 1. The van der Waals surface area contributed by atoms with Gasteiger partial charge in [0.25, 0.3) is 0 Å². The number of ether oxygens (including phenoxy) is 1. The van der Waals surface area contributed by atoms with Crippen LogP contribution in [0, 0.1) is 12.3 Å². The van der Waals surface area contributed by atoms with Crippen molar-refractivity contribution in [2.75, 3.05) is 12.4 Å². The first-order chi connectivity index (χ1) is 8.87. The Balaban J connectivity index is 2.28. The van der Waals surface area contributed by atoms with Gasteiger partial charge in [-0.3, -0.25) is 0 Å². The van der Waals surface area contributed by atoms with Gasteiger partial charge < -0.3 is 10.1 Å². The largest absolute Gasteiger partial charge is 0.467 e. The smallest absolute Gasteiger partial charge is 0.331 e. The molecule has 104 valence electrons. The van der Waals surface area contributed by atoms with Gasteiger partial charge >= 0.3 is 5.97 Å². The number of methoxy groups -OCH3 is 1. The predicted octanol–water partition coefficient (Wildman–Crippen LogP) is 3.53. The fourth-order valence-corrected chi connectivity index (χ4v) is 3.07. The van der Waals surface area contributed by atoms with Crippen molar-refractivity contribution in [1.29, 1.82) is 0 Å². The molecular formula is C16H23NO2. The predicted molar refractivity (Wildman–Crippen MR) is 77.2 cm³/mol. The first-order valence-corrected chi connectivity index (χ1v) is 6.80. The van der Waals surface area contributed by atoms with Gasteiger partial charge in [-0.05, 0) is 49.3 Å². The topological polar surface area (TPSA) is 38.3 Å². The van der Waals surface area contributed by atoms with E-state index in [0.717, 1.165) is 24.9 Å². The van der Waals surface area contributed by atoms with Crippen molar-refractivity contribution in [1.82, 2.24) is 0 Å². The minimum atomic E-state index is -0.577. The number of hydrogen-bond acceptors (Lipinski definition) is 3. The summed E-state index contributed by atoms with van der Waals surface area (Å²) < 4.78 is 5.03. The molecule has 19 heavy (non-hydrogen) atoms. The average Bonchev–Trinajstić information content (AvgIpc) is 2.65. The van der Waals surface area contributed by atoms with Crippen LogP contribution in [-0.4, -0.2) is 18.6 Å². The van der Waals surface area contributed by atoms with Gasteiger partial charge in [0.15, 0.2) is 0 Å². The zero-order valence-corrected chi connectivity index (χ0v) is 12.2. The number of hydrogen-bond donors (Lipinski definition) is 1. The maximum Gasteiger partial charge on any atom is 0.331 e. The van der Waals surface area contributed by atoms with Crippen molar-refractivity contribution in [3.05, 3.63) is 29.8 Å². The molecule has 3 heteroatoms. The monoisotopic (exact) mass is 261 g/mol. The summed E-state index contributed by atoms with van der Waals surface area (Å²) in [7, 11) is 1.47. The Labute approximate surface area is 115 Å². The molecule has 0 saturated heterocycles. The van der Waals surface area contributed by atoms with Crippen LogP contribution in [0.5, 0.6) is 0 Å². The van der Waals surface area contributed by atoms with Crippen molar-refractivity contribution in [2.24, 2.45) is 5.41 Å². The van der Waals surface area contributed by atoms with E-state index >= 15 is 0 Å². The summed E-state index contributed by atoms with van der Waals surface area (Å²) in [4.78, 5) is 12.2. The van der Waals surface area contributed by atoms with Crippen LogP contribution in [0.2, 0.25) is 0 Å². The molecule has 1 aliphatic rings. The second kappa shape index (κ2) is 4.87. The van der Waals surface area contributed by atoms with Crippen LogP contribution in [-0.2, 0) is 9.53 Å². The Morgan fingerprint density at radius 2 is 2.05 bits per heavy atom. The highest BCUT2D eigenvalue weighted by Gasteiger charge is 2.49. The molecule has 1 unspecified atom stereocenters. The molecule has 0 amide bonds. The molecule has 1 N–H and O–H groups in total. The number of anilines is 1. The molecule has 0 spiro atoms. The van der Waals surface area contributed by atoms with E-state index < -0.39 is 5.54 Å². The lowest BCUT2D eigenvalue weighted by molar-refractivity contribution is -0.146. The van der Waals surface area contributed by atoms with Gasteiger partial charge in [-0.2, -0.15) is 0 Å². The van der Waals surface area contributed by atoms with E-state index in [9.17, 15) is 4.79 Å². The van der Waals surface area contributed by atoms with Crippen LogP contribution in [0.15, 0.2) is 24.3 Å². The third-order valence-corrected chi connectivity index (χ3v) is 3.99. The highest BCUT2D eigenvalue weighted by atomic mass is 16.5. The summed E-state index contributed by atoms with van der Waals surface area (Å²) in [6, 6.07) is 8.12. The Morgan fingerprint density at radius 1 is 1.32 bits per heavy atom. The van der Waals surface area contributed by atoms with E-state index in [1.54, 1.807) is 0 Å². The highest BCUT2D eigenvalue weighted by Crippen LogP contribution is 2.45. The molecule has 0 aliphatic heterocycles. The number of rotatable bonds is 3. The van der Waals surface area contributed by atoms with Gasteiger partial charge in [0.1, 0.15) is 5.54 Å². The molecule has 1 atom stereocenters. The molecular weight excluding hydrogens is 238 g/mol. The number of benzene rings is 1. The number of carbonyl (C=O) groups is 1. The Kier molecular flexibility index (Phi) is 3.57. The minimum Gasteiger partial charge on any atom is -0.467 e. The van der Waals surface area contributed by atoms with E-state index in [1.807, 2.05) is 12.1 Å². The lowest BCUT2D eigenvalue weighted by Gasteiger charge is -2.30. The van der Waals surface area contributed by atoms with Gasteiger partial charge in [-0.25, -0.2) is 4.79 Å². The van der Waals surface area contributed by atoms with Crippen molar-refractivity contribution < 1.29 is 9.53 Å². The van der Waals surface area contributed by atoms with Crippen molar-refractivity contribution in [3.63, 3.8) is 0 Å². The van der Waals surface area contributed by atoms with Crippen molar-refractivity contribution >= 4 is 11.7 Å². The first-order valence-electron chi connectivity index (χ1n) is 6.80. The van der Waals surface area contributed by atoms with E-state index in [2.05, 4.69) is 38.2 Å².